The molecule has 7 nitrogen and oxygen atoms in total. The highest BCUT2D eigenvalue weighted by atomic mass is 79.9. The number of aromatic amines is 1. The van der Waals surface area contributed by atoms with Gasteiger partial charge in [-0.1, -0.05) is 29.8 Å². The van der Waals surface area contributed by atoms with Gasteiger partial charge in [0, 0.05) is 10.7 Å². The van der Waals surface area contributed by atoms with E-state index in [1.165, 1.54) is 11.7 Å². The van der Waals surface area contributed by atoms with Crippen LogP contribution >= 0.6 is 15.9 Å². The number of aromatic nitrogens is 3. The molecular weight excluding hydrogens is 400 g/mol. The largest absolute Gasteiger partial charge is 0.453 e. The number of hydrogen-bond donors (Lipinski definition) is 2. The van der Waals surface area contributed by atoms with Crippen molar-refractivity contribution < 1.29 is 14.3 Å². The van der Waals surface area contributed by atoms with Crippen molar-refractivity contribution in [3.63, 3.8) is 0 Å². The minimum absolute atomic E-state index is 0.108. The molecule has 0 unspecified atom stereocenters. The maximum Gasteiger partial charge on any atom is 0.407 e. The van der Waals surface area contributed by atoms with Crippen LogP contribution in [-0.4, -0.2) is 39.7 Å². The van der Waals surface area contributed by atoms with Gasteiger partial charge in [-0.25, -0.2) is 9.78 Å². The Kier molecular flexibility index (Phi) is 5.13. The molecule has 3 aromatic rings. The van der Waals surface area contributed by atoms with Gasteiger partial charge in [-0.15, -0.1) is 0 Å². The van der Waals surface area contributed by atoms with Crippen LogP contribution in [0.15, 0.2) is 41.0 Å². The molecule has 0 radical (unpaired) electrons. The minimum atomic E-state index is -0.716. The van der Waals surface area contributed by atoms with Gasteiger partial charge < -0.3 is 15.0 Å². The standard InChI is InChI=1S/C18H19BrN4O3/c1-10(2)15(22-18(25)26-3)17(24)23-8-4-5-14(23)16-20-12-7-6-11(19)9-13(12)21-16/h4-10,15H,1-3H3,(H,20,21)(H,22,25)/t15-/m0/s1. The van der Waals surface area contributed by atoms with Crippen molar-refractivity contribution in [3.8, 4) is 11.5 Å². The van der Waals surface area contributed by atoms with Crippen LogP contribution in [0.3, 0.4) is 0 Å². The molecule has 136 valence electrons. The molecule has 8 heteroatoms. The third-order valence-electron chi connectivity index (χ3n) is 4.06. The monoisotopic (exact) mass is 418 g/mol. The Labute approximate surface area is 158 Å². The number of carbonyl (C=O) groups is 2. The van der Waals surface area contributed by atoms with E-state index < -0.39 is 12.1 Å². The molecule has 3 rings (SSSR count). The number of imidazole rings is 1. The van der Waals surface area contributed by atoms with Crippen LogP contribution in [0.5, 0.6) is 0 Å². The molecule has 1 amide bonds. The van der Waals surface area contributed by atoms with Crippen LogP contribution < -0.4 is 5.32 Å². The Morgan fingerprint density at radius 2 is 2.08 bits per heavy atom. The lowest BCUT2D eigenvalue weighted by atomic mass is 10.0. The first-order valence-corrected chi connectivity index (χ1v) is 8.91. The van der Waals surface area contributed by atoms with E-state index in [4.69, 9.17) is 0 Å². The van der Waals surface area contributed by atoms with Crippen molar-refractivity contribution in [2.75, 3.05) is 7.11 Å². The molecule has 26 heavy (non-hydrogen) atoms. The van der Waals surface area contributed by atoms with Crippen molar-refractivity contribution in [1.29, 1.82) is 0 Å². The zero-order valence-corrected chi connectivity index (χ0v) is 16.2. The maximum atomic E-state index is 13.0. The van der Waals surface area contributed by atoms with E-state index in [1.54, 1.807) is 18.3 Å². The summed E-state index contributed by atoms with van der Waals surface area (Å²) >= 11 is 3.43. The Morgan fingerprint density at radius 3 is 2.77 bits per heavy atom. The lowest BCUT2D eigenvalue weighted by Crippen LogP contribution is -2.46. The fraction of sp³-hybridized carbons (Fsp3) is 0.278. The molecule has 0 saturated heterocycles. The second-order valence-corrected chi connectivity index (χ2v) is 7.12. The minimum Gasteiger partial charge on any atom is -0.453 e. The Balaban J connectivity index is 1.98. The quantitative estimate of drug-likeness (QED) is 0.673. The number of nitrogens with one attached hydrogen (secondary N) is 2. The molecule has 0 saturated carbocycles. The first-order chi connectivity index (χ1) is 12.4. The van der Waals surface area contributed by atoms with Crippen LogP contribution in [-0.2, 0) is 4.74 Å². The second-order valence-electron chi connectivity index (χ2n) is 6.21. The topological polar surface area (TPSA) is 89.0 Å². The highest BCUT2D eigenvalue weighted by Gasteiger charge is 2.27. The SMILES string of the molecule is COC(=O)N[C@H](C(=O)n1cccc1-c1nc2ccc(Br)cc2[nH]1)C(C)C. The fourth-order valence-electron chi connectivity index (χ4n) is 2.72. The number of ether oxygens (including phenoxy) is 1. The summed E-state index contributed by atoms with van der Waals surface area (Å²) in [5, 5.41) is 2.60. The van der Waals surface area contributed by atoms with E-state index in [1.807, 2.05) is 32.0 Å². The summed E-state index contributed by atoms with van der Waals surface area (Å²) in [4.78, 5) is 32.4. The molecule has 0 spiro atoms. The van der Waals surface area contributed by atoms with Crippen LogP contribution in [0, 0.1) is 5.92 Å². The number of benzene rings is 1. The van der Waals surface area contributed by atoms with Crippen molar-refractivity contribution in [2.45, 2.75) is 19.9 Å². The van der Waals surface area contributed by atoms with E-state index in [-0.39, 0.29) is 11.8 Å². The molecule has 0 aliphatic carbocycles. The molecule has 0 aliphatic heterocycles. The lowest BCUT2D eigenvalue weighted by Gasteiger charge is -2.21. The van der Waals surface area contributed by atoms with Crippen molar-refractivity contribution >= 4 is 39.0 Å². The van der Waals surface area contributed by atoms with E-state index >= 15 is 0 Å². The van der Waals surface area contributed by atoms with Gasteiger partial charge in [-0.3, -0.25) is 9.36 Å². The van der Waals surface area contributed by atoms with Crippen molar-refractivity contribution in [3.05, 3.63) is 41.0 Å². The van der Waals surface area contributed by atoms with Gasteiger partial charge in [0.05, 0.1) is 23.8 Å². The molecular formula is C18H19BrN4O3. The maximum absolute atomic E-state index is 13.0. The molecule has 0 bridgehead atoms. The summed E-state index contributed by atoms with van der Waals surface area (Å²) in [5.41, 5.74) is 2.29. The number of halogens is 1. The highest BCUT2D eigenvalue weighted by Crippen LogP contribution is 2.24. The number of methoxy groups -OCH3 is 1. The molecule has 2 aromatic heterocycles. The first-order valence-electron chi connectivity index (χ1n) is 8.12. The van der Waals surface area contributed by atoms with Gasteiger partial charge in [0.25, 0.3) is 5.91 Å². The van der Waals surface area contributed by atoms with E-state index in [0.29, 0.717) is 11.5 Å². The predicted molar refractivity (Wildman–Crippen MR) is 102 cm³/mol. The Bertz CT molecular complexity index is 960. The summed E-state index contributed by atoms with van der Waals surface area (Å²) in [5.74, 6) is 0.215. The summed E-state index contributed by atoms with van der Waals surface area (Å²) < 4.78 is 7.06. The number of carbonyl (C=O) groups excluding carboxylic acids is 2. The number of alkyl carbamates (subject to hydrolysis) is 1. The normalized spacial score (nSPS) is 12.3. The molecule has 1 atom stereocenters. The van der Waals surface area contributed by atoms with Gasteiger partial charge in [-0.2, -0.15) is 0 Å². The predicted octanol–water partition coefficient (Wildman–Crippen LogP) is 3.81. The zero-order valence-electron chi connectivity index (χ0n) is 14.6. The summed E-state index contributed by atoms with van der Waals surface area (Å²) in [6.45, 7) is 3.72. The van der Waals surface area contributed by atoms with E-state index in [9.17, 15) is 9.59 Å². The van der Waals surface area contributed by atoms with E-state index in [2.05, 4.69) is 36.0 Å². The Morgan fingerprint density at radius 1 is 1.31 bits per heavy atom. The van der Waals surface area contributed by atoms with E-state index in [0.717, 1.165) is 15.5 Å². The number of hydrogen-bond acceptors (Lipinski definition) is 4. The fourth-order valence-corrected chi connectivity index (χ4v) is 3.08. The molecule has 2 N–H and O–H groups in total. The second kappa shape index (κ2) is 7.33. The van der Waals surface area contributed by atoms with Crippen molar-refractivity contribution in [1.82, 2.24) is 19.9 Å². The number of H-pyrrole nitrogens is 1. The van der Waals surface area contributed by atoms with Crippen LogP contribution in [0.25, 0.3) is 22.6 Å². The van der Waals surface area contributed by atoms with Crippen LogP contribution in [0.4, 0.5) is 4.79 Å². The third kappa shape index (κ3) is 3.50. The average molecular weight is 419 g/mol. The highest BCUT2D eigenvalue weighted by molar-refractivity contribution is 9.10. The summed E-state index contributed by atoms with van der Waals surface area (Å²) in [6, 6.07) is 8.59. The molecule has 2 heterocycles. The molecule has 0 fully saturated rings. The number of amides is 1. The Hall–Kier alpha value is -2.61. The first kappa shape index (κ1) is 18.2. The average Bonchev–Trinajstić information content (AvgIpc) is 3.24. The van der Waals surface area contributed by atoms with Gasteiger partial charge in [0.2, 0.25) is 0 Å². The number of rotatable bonds is 4. The summed E-state index contributed by atoms with van der Waals surface area (Å²) in [6.07, 6.45) is 1.02. The molecule has 1 aromatic carbocycles. The van der Waals surface area contributed by atoms with Gasteiger partial charge in [-0.05, 0) is 36.2 Å². The van der Waals surface area contributed by atoms with Gasteiger partial charge in [0.15, 0.2) is 5.82 Å². The van der Waals surface area contributed by atoms with Crippen LogP contribution in [0.2, 0.25) is 0 Å². The smallest absolute Gasteiger partial charge is 0.407 e. The lowest BCUT2D eigenvalue weighted by molar-refractivity contribution is 0.0821. The number of fused-ring (bicyclic) bond motifs is 1. The zero-order chi connectivity index (χ0) is 18.8. The van der Waals surface area contributed by atoms with Gasteiger partial charge in [0.1, 0.15) is 6.04 Å². The molecule has 0 aliphatic rings. The number of nitrogens with zero attached hydrogens (tertiary/aromatic N) is 2. The summed E-state index contributed by atoms with van der Waals surface area (Å²) in [7, 11) is 1.27. The van der Waals surface area contributed by atoms with Gasteiger partial charge >= 0.3 is 6.09 Å². The van der Waals surface area contributed by atoms with Crippen LogP contribution in [0.1, 0.15) is 18.6 Å². The third-order valence-corrected chi connectivity index (χ3v) is 4.56. The van der Waals surface area contributed by atoms with Crippen molar-refractivity contribution in [2.24, 2.45) is 5.92 Å².